The van der Waals surface area contributed by atoms with Gasteiger partial charge >= 0.3 is 36.6 Å². The number of benzene rings is 4. The van der Waals surface area contributed by atoms with E-state index >= 15 is 0 Å². The van der Waals surface area contributed by atoms with Gasteiger partial charge in [0.15, 0.2) is 0 Å². The molecule has 0 aromatic heterocycles. The largest absolute Gasteiger partial charge is 0.573 e. The number of carbonyl (C=O) groups is 6. The number of aliphatic carboxylic acids is 2. The molecule has 0 heterocycles. The van der Waals surface area contributed by atoms with Crippen molar-refractivity contribution in [3.05, 3.63) is 130 Å². The summed E-state index contributed by atoms with van der Waals surface area (Å²) in [6, 6.07) is 22.5. The number of alkyl halides is 6. The van der Waals surface area contributed by atoms with Gasteiger partial charge in [-0.25, -0.2) is 0 Å². The zero-order valence-electron chi connectivity index (χ0n) is 38.9. The van der Waals surface area contributed by atoms with Gasteiger partial charge in [-0.2, -0.15) is 0 Å². The monoisotopic (exact) mass is 990 g/mol. The van der Waals surface area contributed by atoms with Gasteiger partial charge in [-0.15, -0.1) is 26.3 Å². The highest BCUT2D eigenvalue weighted by molar-refractivity contribution is 5.95. The van der Waals surface area contributed by atoms with Crippen LogP contribution in [0.15, 0.2) is 97.1 Å². The molecule has 0 saturated carbocycles. The first-order chi connectivity index (χ1) is 33.1. The maximum absolute atomic E-state index is 12.4. The van der Waals surface area contributed by atoms with Crippen LogP contribution >= 0.6 is 0 Å². The first-order valence-corrected chi connectivity index (χ1v) is 22.4. The highest BCUT2D eigenvalue weighted by atomic mass is 19.4. The van der Waals surface area contributed by atoms with Crippen molar-refractivity contribution in [3.8, 4) is 11.5 Å². The van der Waals surface area contributed by atoms with E-state index in [0.717, 1.165) is 24.3 Å². The molecule has 0 aliphatic rings. The van der Waals surface area contributed by atoms with Crippen molar-refractivity contribution >= 4 is 35.7 Å². The van der Waals surface area contributed by atoms with E-state index in [1.165, 1.54) is 24.3 Å². The molecule has 4 atom stereocenters. The summed E-state index contributed by atoms with van der Waals surface area (Å²) >= 11 is 0. The standard InChI is InChI=1S/2C25H28F3NO6/c2*1-3-5-20(22(24(32)33)17-10-12-19(13-11-17)35-25(26,27)28)16-6-8-18(9-7-16)23(31)29-15-14-21(30)34-4-2/h2*6-13,20,22H,3-5,14-15H2,1-2H3,(H,29,31)(H,32,33)/t20-,22+;/m0./s1. The van der Waals surface area contributed by atoms with Crippen LogP contribution in [0.3, 0.4) is 0 Å². The van der Waals surface area contributed by atoms with Gasteiger partial charge in [-0.3, -0.25) is 28.8 Å². The summed E-state index contributed by atoms with van der Waals surface area (Å²) in [6.07, 6.45) is -7.26. The summed E-state index contributed by atoms with van der Waals surface area (Å²) in [4.78, 5) is 71.8. The van der Waals surface area contributed by atoms with Crippen LogP contribution in [0.5, 0.6) is 11.5 Å². The first-order valence-electron chi connectivity index (χ1n) is 22.4. The van der Waals surface area contributed by atoms with Crippen LogP contribution in [0.2, 0.25) is 0 Å². The summed E-state index contributed by atoms with van der Waals surface area (Å²) in [5.41, 5.74) is 2.72. The molecular formula is C50H56F6N2O12. The molecule has 0 aliphatic heterocycles. The van der Waals surface area contributed by atoms with Crippen molar-refractivity contribution in [2.24, 2.45) is 0 Å². The molecule has 4 aromatic rings. The minimum absolute atomic E-state index is 0.0450. The number of amides is 2. The van der Waals surface area contributed by atoms with E-state index in [0.29, 0.717) is 59.1 Å². The second kappa shape index (κ2) is 27.8. The predicted octanol–water partition coefficient (Wildman–Crippen LogP) is 10.0. The lowest BCUT2D eigenvalue weighted by atomic mass is 9.78. The van der Waals surface area contributed by atoms with Crippen LogP contribution in [0.1, 0.15) is 133 Å². The topological polar surface area (TPSA) is 204 Å². The molecule has 0 saturated heterocycles. The second-order valence-corrected chi connectivity index (χ2v) is 15.5. The third kappa shape index (κ3) is 19.1. The van der Waals surface area contributed by atoms with E-state index < -0.39 is 71.8 Å². The van der Waals surface area contributed by atoms with E-state index in [9.17, 15) is 65.3 Å². The average molecular weight is 991 g/mol. The minimum atomic E-state index is -4.84. The average Bonchev–Trinajstić information content (AvgIpc) is 3.29. The lowest BCUT2D eigenvalue weighted by Gasteiger charge is -2.25. The van der Waals surface area contributed by atoms with E-state index in [1.54, 1.807) is 62.4 Å². The Bertz CT molecular complexity index is 2140. The molecule has 380 valence electrons. The van der Waals surface area contributed by atoms with Crippen LogP contribution in [0.4, 0.5) is 26.3 Å². The number of halogens is 6. The molecular weight excluding hydrogens is 935 g/mol. The Hall–Kier alpha value is -7.12. The third-order valence-corrected chi connectivity index (χ3v) is 10.5. The maximum Gasteiger partial charge on any atom is 0.573 e. The Morgan fingerprint density at radius 2 is 0.786 bits per heavy atom. The van der Waals surface area contributed by atoms with Crippen molar-refractivity contribution in [2.45, 2.75) is 103 Å². The van der Waals surface area contributed by atoms with Crippen LogP contribution in [0.25, 0.3) is 0 Å². The molecule has 0 radical (unpaired) electrons. The van der Waals surface area contributed by atoms with Gasteiger partial charge in [0, 0.05) is 36.1 Å². The van der Waals surface area contributed by atoms with Gasteiger partial charge in [-0.05, 0) is 97.5 Å². The molecule has 4 aromatic carbocycles. The van der Waals surface area contributed by atoms with Gasteiger partial charge in [0.05, 0.1) is 37.9 Å². The summed E-state index contributed by atoms with van der Waals surface area (Å²) in [5.74, 6) is -7.69. The lowest BCUT2D eigenvalue weighted by molar-refractivity contribution is -0.275. The fraction of sp³-hybridized carbons (Fsp3) is 0.400. The van der Waals surface area contributed by atoms with E-state index in [2.05, 4.69) is 20.1 Å². The third-order valence-electron chi connectivity index (χ3n) is 10.5. The molecule has 4 N–H and O–H groups in total. The van der Waals surface area contributed by atoms with Gasteiger partial charge in [-0.1, -0.05) is 75.2 Å². The van der Waals surface area contributed by atoms with Crippen molar-refractivity contribution in [1.82, 2.24) is 10.6 Å². The quantitative estimate of drug-likeness (QED) is 0.0383. The number of carboxylic acid groups (broad SMARTS) is 2. The Morgan fingerprint density at radius 1 is 0.486 bits per heavy atom. The number of esters is 2. The van der Waals surface area contributed by atoms with Gasteiger partial charge < -0.3 is 39.8 Å². The molecule has 0 aliphatic carbocycles. The van der Waals surface area contributed by atoms with Crippen LogP contribution in [-0.2, 0) is 28.7 Å². The fourth-order valence-electron chi connectivity index (χ4n) is 7.51. The zero-order valence-corrected chi connectivity index (χ0v) is 38.9. The molecule has 0 bridgehead atoms. The first kappa shape index (κ1) is 57.2. The number of nitrogens with one attached hydrogen (secondary N) is 2. The number of carbonyl (C=O) groups excluding carboxylic acids is 4. The molecule has 70 heavy (non-hydrogen) atoms. The van der Waals surface area contributed by atoms with Crippen molar-refractivity contribution < 1.29 is 84.3 Å². The summed E-state index contributed by atoms with van der Waals surface area (Å²) in [7, 11) is 0. The summed E-state index contributed by atoms with van der Waals surface area (Å²) < 4.78 is 92.0. The lowest BCUT2D eigenvalue weighted by Crippen LogP contribution is -2.26. The number of ether oxygens (including phenoxy) is 4. The Balaban J connectivity index is 0.000000370. The van der Waals surface area contributed by atoms with Gasteiger partial charge in [0.1, 0.15) is 11.5 Å². The smallest absolute Gasteiger partial charge is 0.481 e. The molecule has 2 unspecified atom stereocenters. The SMILES string of the molecule is CCCC(c1ccc(C(=O)NCCC(=O)OCC)cc1)C(C(=O)O)c1ccc(OC(F)(F)F)cc1.CCC[C@@H](c1ccc(C(=O)NCCC(=O)OCC)cc1)[C@H](C(=O)O)c1ccc(OC(F)(F)F)cc1. The second-order valence-electron chi connectivity index (χ2n) is 15.5. The minimum Gasteiger partial charge on any atom is -0.481 e. The van der Waals surface area contributed by atoms with Crippen LogP contribution in [0, 0.1) is 0 Å². The molecule has 20 heteroatoms. The predicted molar refractivity (Wildman–Crippen MR) is 242 cm³/mol. The number of carboxylic acids is 2. The van der Waals surface area contributed by atoms with E-state index in [4.69, 9.17) is 9.47 Å². The van der Waals surface area contributed by atoms with Crippen LogP contribution in [-0.4, -0.2) is 84.9 Å². The molecule has 4 rings (SSSR count). The van der Waals surface area contributed by atoms with Crippen LogP contribution < -0.4 is 20.1 Å². The summed E-state index contributed by atoms with van der Waals surface area (Å²) in [5, 5.41) is 25.2. The number of rotatable bonds is 24. The van der Waals surface area contributed by atoms with Crippen molar-refractivity contribution in [2.75, 3.05) is 26.3 Å². The molecule has 0 spiro atoms. The fourth-order valence-corrected chi connectivity index (χ4v) is 7.51. The van der Waals surface area contributed by atoms with E-state index in [-0.39, 0.29) is 51.0 Å². The normalized spacial score (nSPS) is 12.9. The van der Waals surface area contributed by atoms with Gasteiger partial charge in [0.2, 0.25) is 0 Å². The molecule has 14 nitrogen and oxygen atoms in total. The van der Waals surface area contributed by atoms with E-state index in [1.807, 2.05) is 13.8 Å². The number of hydrogen-bond donors (Lipinski definition) is 4. The highest BCUT2D eigenvalue weighted by Gasteiger charge is 2.35. The highest BCUT2D eigenvalue weighted by Crippen LogP contribution is 2.40. The van der Waals surface area contributed by atoms with Crippen molar-refractivity contribution in [1.29, 1.82) is 0 Å². The Kier molecular flexibility index (Phi) is 22.7. The number of hydrogen-bond acceptors (Lipinski definition) is 10. The summed E-state index contributed by atoms with van der Waals surface area (Å²) in [6.45, 7) is 7.94. The maximum atomic E-state index is 12.4. The van der Waals surface area contributed by atoms with Crippen molar-refractivity contribution in [3.63, 3.8) is 0 Å². The molecule has 0 fully saturated rings. The molecule has 2 amide bonds. The Labute approximate surface area is 400 Å². The zero-order chi connectivity index (χ0) is 52.0. The Morgan fingerprint density at radius 3 is 1.04 bits per heavy atom. The van der Waals surface area contributed by atoms with Gasteiger partial charge in [0.25, 0.3) is 11.8 Å².